The highest BCUT2D eigenvalue weighted by Gasteiger charge is 2.40. The van der Waals surface area contributed by atoms with Gasteiger partial charge in [0.25, 0.3) is 0 Å². The number of hydrogen-bond acceptors (Lipinski definition) is 2. The Morgan fingerprint density at radius 1 is 1.30 bits per heavy atom. The van der Waals surface area contributed by atoms with Crippen LogP contribution in [0.3, 0.4) is 0 Å². The van der Waals surface area contributed by atoms with Gasteiger partial charge in [0.2, 0.25) is 5.91 Å². The summed E-state index contributed by atoms with van der Waals surface area (Å²) < 4.78 is 13.1. The Morgan fingerprint density at radius 3 is 2.50 bits per heavy atom. The third-order valence-electron chi connectivity index (χ3n) is 4.02. The maximum atomic E-state index is 13.1. The number of amides is 1. The molecule has 1 aromatic rings. The van der Waals surface area contributed by atoms with Gasteiger partial charge in [0.1, 0.15) is 12.0 Å². The van der Waals surface area contributed by atoms with Crippen molar-refractivity contribution in [3.63, 3.8) is 0 Å². The minimum Gasteiger partial charge on any atom is -0.319 e. The molecule has 3 unspecified atom stereocenters. The molecule has 1 aliphatic heterocycles. The van der Waals surface area contributed by atoms with Gasteiger partial charge in [-0.15, -0.1) is 0 Å². The van der Waals surface area contributed by atoms with Gasteiger partial charge in [-0.25, -0.2) is 4.39 Å². The van der Waals surface area contributed by atoms with E-state index in [1.54, 1.807) is 12.1 Å². The van der Waals surface area contributed by atoms with Crippen LogP contribution in [0.1, 0.15) is 51.8 Å². The van der Waals surface area contributed by atoms with Gasteiger partial charge in [-0.1, -0.05) is 32.4 Å². The fourth-order valence-electron chi connectivity index (χ4n) is 2.72. The van der Waals surface area contributed by atoms with Crippen molar-refractivity contribution < 1.29 is 9.18 Å². The topological polar surface area (TPSA) is 32.3 Å². The Morgan fingerprint density at radius 2 is 1.95 bits per heavy atom. The van der Waals surface area contributed by atoms with Gasteiger partial charge < -0.3 is 4.90 Å². The number of hydrogen-bond donors (Lipinski definition) is 1. The third-order valence-corrected chi connectivity index (χ3v) is 4.02. The summed E-state index contributed by atoms with van der Waals surface area (Å²) in [7, 11) is 0. The molecule has 1 amide bonds. The SMILES string of the molecule is CCCC1NC(c2ccc(F)cc2)N(C(C)CC)C1=O. The second kappa shape index (κ2) is 6.35. The van der Waals surface area contributed by atoms with Crippen molar-refractivity contribution in [3.8, 4) is 0 Å². The Hall–Kier alpha value is -1.42. The molecule has 1 aromatic carbocycles. The smallest absolute Gasteiger partial charge is 0.241 e. The molecular formula is C16H23FN2O. The summed E-state index contributed by atoms with van der Waals surface area (Å²) in [5, 5.41) is 3.40. The molecule has 0 aliphatic carbocycles. The first kappa shape index (κ1) is 15.0. The number of nitrogens with one attached hydrogen (secondary N) is 1. The third kappa shape index (κ3) is 2.85. The Bertz CT molecular complexity index is 460. The zero-order chi connectivity index (χ0) is 14.7. The summed E-state index contributed by atoms with van der Waals surface area (Å²) in [5.74, 6) is -0.0891. The van der Waals surface area contributed by atoms with E-state index in [1.165, 1.54) is 12.1 Å². The quantitative estimate of drug-likeness (QED) is 0.897. The molecule has 3 atom stereocenters. The van der Waals surface area contributed by atoms with Crippen LogP contribution in [-0.4, -0.2) is 22.9 Å². The van der Waals surface area contributed by atoms with Crippen LogP contribution in [0.5, 0.6) is 0 Å². The van der Waals surface area contributed by atoms with Crippen molar-refractivity contribution in [1.29, 1.82) is 0 Å². The average Bonchev–Trinajstić information content (AvgIpc) is 2.77. The van der Waals surface area contributed by atoms with Gasteiger partial charge in [0.15, 0.2) is 0 Å². The maximum absolute atomic E-state index is 13.1. The van der Waals surface area contributed by atoms with Crippen molar-refractivity contribution in [2.24, 2.45) is 0 Å². The van der Waals surface area contributed by atoms with Crippen LogP contribution in [0.15, 0.2) is 24.3 Å². The van der Waals surface area contributed by atoms with Crippen molar-refractivity contribution in [1.82, 2.24) is 10.2 Å². The predicted molar refractivity (Wildman–Crippen MR) is 77.6 cm³/mol. The van der Waals surface area contributed by atoms with Crippen LogP contribution >= 0.6 is 0 Å². The van der Waals surface area contributed by atoms with Crippen LogP contribution in [-0.2, 0) is 4.79 Å². The van der Waals surface area contributed by atoms with Crippen LogP contribution in [0.2, 0.25) is 0 Å². The molecule has 0 spiro atoms. The number of carbonyl (C=O) groups is 1. The molecule has 1 aliphatic rings. The Kier molecular flexibility index (Phi) is 4.76. The molecule has 1 fully saturated rings. The summed E-state index contributed by atoms with van der Waals surface area (Å²) in [4.78, 5) is 14.4. The molecule has 1 saturated heterocycles. The van der Waals surface area contributed by atoms with Crippen LogP contribution in [0.4, 0.5) is 4.39 Å². The summed E-state index contributed by atoms with van der Waals surface area (Å²) >= 11 is 0. The lowest BCUT2D eigenvalue weighted by Gasteiger charge is -2.30. The fourth-order valence-corrected chi connectivity index (χ4v) is 2.72. The van der Waals surface area contributed by atoms with E-state index in [0.29, 0.717) is 0 Å². The molecular weight excluding hydrogens is 255 g/mol. The second-order valence-corrected chi connectivity index (χ2v) is 5.46. The summed E-state index contributed by atoms with van der Waals surface area (Å²) in [6.07, 6.45) is 2.57. The number of carbonyl (C=O) groups excluding carboxylic acids is 1. The van der Waals surface area contributed by atoms with Crippen molar-refractivity contribution >= 4 is 5.91 Å². The molecule has 2 rings (SSSR count). The van der Waals surface area contributed by atoms with E-state index < -0.39 is 0 Å². The van der Waals surface area contributed by atoms with E-state index in [1.807, 2.05) is 4.90 Å². The van der Waals surface area contributed by atoms with Crippen LogP contribution in [0.25, 0.3) is 0 Å². The van der Waals surface area contributed by atoms with Gasteiger partial charge in [0, 0.05) is 6.04 Å². The summed E-state index contributed by atoms with van der Waals surface area (Å²) in [6, 6.07) is 6.46. The molecule has 20 heavy (non-hydrogen) atoms. The molecule has 0 saturated carbocycles. The fraction of sp³-hybridized carbons (Fsp3) is 0.562. The Balaban J connectivity index is 2.28. The lowest BCUT2D eigenvalue weighted by Crippen LogP contribution is -2.38. The van der Waals surface area contributed by atoms with E-state index >= 15 is 0 Å². The molecule has 3 nitrogen and oxygen atoms in total. The first-order valence-corrected chi connectivity index (χ1v) is 7.42. The molecule has 1 N–H and O–H groups in total. The minimum absolute atomic E-state index is 0.121. The zero-order valence-electron chi connectivity index (χ0n) is 12.4. The van der Waals surface area contributed by atoms with Crippen molar-refractivity contribution in [3.05, 3.63) is 35.6 Å². The lowest BCUT2D eigenvalue weighted by molar-refractivity contribution is -0.132. The number of nitrogens with zero attached hydrogens (tertiary/aromatic N) is 1. The zero-order valence-corrected chi connectivity index (χ0v) is 12.4. The van der Waals surface area contributed by atoms with Crippen molar-refractivity contribution in [2.45, 2.75) is 58.3 Å². The highest BCUT2D eigenvalue weighted by molar-refractivity contribution is 5.84. The van der Waals surface area contributed by atoms with Gasteiger partial charge in [-0.05, 0) is 37.5 Å². The summed E-state index contributed by atoms with van der Waals surface area (Å²) in [5.41, 5.74) is 0.943. The average molecular weight is 278 g/mol. The predicted octanol–water partition coefficient (Wildman–Crippen LogP) is 3.22. The number of benzene rings is 1. The van der Waals surface area contributed by atoms with Gasteiger partial charge >= 0.3 is 0 Å². The highest BCUT2D eigenvalue weighted by atomic mass is 19.1. The van der Waals surface area contributed by atoms with E-state index in [9.17, 15) is 9.18 Å². The first-order valence-electron chi connectivity index (χ1n) is 7.42. The number of rotatable bonds is 5. The monoisotopic (exact) mass is 278 g/mol. The molecule has 110 valence electrons. The van der Waals surface area contributed by atoms with E-state index in [-0.39, 0.29) is 30.0 Å². The van der Waals surface area contributed by atoms with Gasteiger partial charge in [-0.3, -0.25) is 10.1 Å². The van der Waals surface area contributed by atoms with E-state index in [0.717, 1.165) is 24.8 Å². The Labute approximate surface area is 120 Å². The minimum atomic E-state index is -0.252. The van der Waals surface area contributed by atoms with Crippen LogP contribution in [0, 0.1) is 5.82 Å². The highest BCUT2D eigenvalue weighted by Crippen LogP contribution is 2.30. The summed E-state index contributed by atoms with van der Waals surface area (Å²) in [6.45, 7) is 6.21. The van der Waals surface area contributed by atoms with Crippen LogP contribution < -0.4 is 5.32 Å². The number of halogens is 1. The van der Waals surface area contributed by atoms with Gasteiger partial charge in [-0.2, -0.15) is 0 Å². The largest absolute Gasteiger partial charge is 0.319 e. The molecule has 0 aromatic heterocycles. The molecule has 1 heterocycles. The molecule has 0 bridgehead atoms. The lowest BCUT2D eigenvalue weighted by atomic mass is 10.1. The molecule has 0 radical (unpaired) electrons. The van der Waals surface area contributed by atoms with E-state index in [4.69, 9.17) is 0 Å². The standard InChI is InChI=1S/C16H23FN2O/c1-4-6-14-16(20)19(11(3)5-2)15(18-14)12-7-9-13(17)10-8-12/h7-11,14-15,18H,4-6H2,1-3H3. The van der Waals surface area contributed by atoms with Crippen molar-refractivity contribution in [2.75, 3.05) is 0 Å². The molecule has 4 heteroatoms. The first-order chi connectivity index (χ1) is 9.58. The van der Waals surface area contributed by atoms with E-state index in [2.05, 4.69) is 26.1 Å². The second-order valence-electron chi connectivity index (χ2n) is 5.46. The normalized spacial score (nSPS) is 24.2. The maximum Gasteiger partial charge on any atom is 0.241 e. The van der Waals surface area contributed by atoms with Gasteiger partial charge in [0.05, 0.1) is 6.04 Å².